The highest BCUT2D eigenvalue weighted by Crippen LogP contribution is 2.25. The van der Waals surface area contributed by atoms with E-state index in [0.29, 0.717) is 18.5 Å². The Balaban J connectivity index is 0.00000261. The number of aromatic nitrogens is 2. The van der Waals surface area contributed by atoms with Gasteiger partial charge in [0, 0.05) is 38.1 Å². The monoisotopic (exact) mass is 405 g/mol. The summed E-state index contributed by atoms with van der Waals surface area (Å²) in [6, 6.07) is 4.53. The lowest BCUT2D eigenvalue weighted by Gasteiger charge is -2.35. The molecule has 3 N–H and O–H groups in total. The zero-order valence-corrected chi connectivity index (χ0v) is 15.0. The van der Waals surface area contributed by atoms with Gasteiger partial charge in [-0.15, -0.1) is 12.4 Å². The Morgan fingerprint density at radius 1 is 1.22 bits per heavy atom. The average Bonchev–Trinajstić information content (AvgIpc) is 2.62. The minimum atomic E-state index is -4.47. The summed E-state index contributed by atoms with van der Waals surface area (Å²) < 4.78 is 40.2. The largest absolute Gasteiger partial charge is 0.405 e. The number of alkyl halides is 3. The molecule has 1 amide bonds. The molecule has 2 heterocycles. The van der Waals surface area contributed by atoms with Gasteiger partial charge in [0.2, 0.25) is 0 Å². The zero-order valence-electron chi connectivity index (χ0n) is 14.2. The molecular weight excluding hydrogens is 387 g/mol. The van der Waals surface area contributed by atoms with E-state index < -0.39 is 30.2 Å². The fraction of sp³-hybridized carbons (Fsp3) is 0.438. The van der Waals surface area contributed by atoms with Crippen LogP contribution in [-0.4, -0.2) is 65.9 Å². The SMILES string of the molecule is Cl.O=C(NCC(N1CCNCC1)C(F)(F)F)c1n[nH]c(=O)c2ccccc12. The number of nitrogens with one attached hydrogen (secondary N) is 3. The van der Waals surface area contributed by atoms with Crippen molar-refractivity contribution in [3.8, 4) is 0 Å². The number of aromatic amines is 1. The van der Waals surface area contributed by atoms with Gasteiger partial charge >= 0.3 is 6.18 Å². The van der Waals surface area contributed by atoms with Crippen molar-refractivity contribution >= 4 is 29.1 Å². The highest BCUT2D eigenvalue weighted by Gasteiger charge is 2.43. The molecule has 1 unspecified atom stereocenters. The molecule has 0 spiro atoms. The van der Waals surface area contributed by atoms with E-state index in [4.69, 9.17) is 0 Å². The first-order chi connectivity index (χ1) is 12.4. The smallest absolute Gasteiger partial charge is 0.349 e. The summed E-state index contributed by atoms with van der Waals surface area (Å²) in [5.74, 6) is -0.762. The lowest BCUT2D eigenvalue weighted by Crippen LogP contribution is -2.57. The number of hydrogen-bond donors (Lipinski definition) is 3. The van der Waals surface area contributed by atoms with Crippen molar-refractivity contribution in [3.05, 3.63) is 40.3 Å². The van der Waals surface area contributed by atoms with Gasteiger partial charge in [-0.1, -0.05) is 18.2 Å². The van der Waals surface area contributed by atoms with Crippen LogP contribution in [0.1, 0.15) is 10.5 Å². The van der Waals surface area contributed by atoms with Crippen LogP contribution in [0.15, 0.2) is 29.1 Å². The first kappa shape index (κ1) is 21.1. The van der Waals surface area contributed by atoms with E-state index in [2.05, 4.69) is 20.8 Å². The number of fused-ring (bicyclic) bond motifs is 1. The second-order valence-electron chi connectivity index (χ2n) is 6.00. The van der Waals surface area contributed by atoms with Crippen molar-refractivity contribution in [2.45, 2.75) is 12.2 Å². The lowest BCUT2D eigenvalue weighted by molar-refractivity contribution is -0.183. The maximum atomic E-state index is 13.4. The molecule has 1 aliphatic rings. The van der Waals surface area contributed by atoms with E-state index in [1.807, 2.05) is 0 Å². The molecule has 11 heteroatoms. The van der Waals surface area contributed by atoms with Crippen LogP contribution in [0.4, 0.5) is 13.2 Å². The number of carbonyl (C=O) groups excluding carboxylic acids is 1. The molecule has 1 aromatic heterocycles. The molecule has 148 valence electrons. The van der Waals surface area contributed by atoms with Crippen molar-refractivity contribution in [2.75, 3.05) is 32.7 Å². The standard InChI is InChI=1S/C16H18F3N5O2.ClH/c17-16(18,19)12(24-7-5-20-6-8-24)9-21-15(26)13-10-3-1-2-4-11(10)14(25)23-22-13;/h1-4,12,20H,5-9H2,(H,21,26)(H,23,25);1H. The number of amides is 1. The van der Waals surface area contributed by atoms with E-state index in [0.717, 1.165) is 0 Å². The predicted octanol–water partition coefficient (Wildman–Crippen LogP) is 0.911. The van der Waals surface area contributed by atoms with E-state index in [9.17, 15) is 22.8 Å². The summed E-state index contributed by atoms with van der Waals surface area (Å²) in [4.78, 5) is 25.4. The number of piperazine rings is 1. The summed E-state index contributed by atoms with van der Waals surface area (Å²) in [5.41, 5.74) is -0.576. The Hall–Kier alpha value is -2.17. The number of rotatable bonds is 4. The zero-order chi connectivity index (χ0) is 18.7. The Labute approximate surface area is 158 Å². The van der Waals surface area contributed by atoms with Crippen molar-refractivity contribution in [3.63, 3.8) is 0 Å². The highest BCUT2D eigenvalue weighted by atomic mass is 35.5. The van der Waals surface area contributed by atoms with Gasteiger partial charge in [0.25, 0.3) is 11.5 Å². The summed E-state index contributed by atoms with van der Waals surface area (Å²) in [6.07, 6.45) is -4.47. The maximum Gasteiger partial charge on any atom is 0.405 e. The van der Waals surface area contributed by atoms with E-state index in [1.165, 1.54) is 17.0 Å². The molecule has 3 rings (SSSR count). The normalized spacial score (nSPS) is 16.6. The summed E-state index contributed by atoms with van der Waals surface area (Å²) in [6.45, 7) is 0.844. The van der Waals surface area contributed by atoms with E-state index in [1.54, 1.807) is 12.1 Å². The van der Waals surface area contributed by atoms with Crippen LogP contribution in [0.5, 0.6) is 0 Å². The van der Waals surface area contributed by atoms with Crippen LogP contribution in [0.3, 0.4) is 0 Å². The molecule has 1 saturated heterocycles. The van der Waals surface area contributed by atoms with Crippen LogP contribution in [0, 0.1) is 0 Å². The number of benzene rings is 1. The minimum Gasteiger partial charge on any atom is -0.349 e. The molecule has 1 aliphatic heterocycles. The molecule has 1 aromatic carbocycles. The highest BCUT2D eigenvalue weighted by molar-refractivity contribution is 6.04. The molecule has 27 heavy (non-hydrogen) atoms. The molecule has 1 fully saturated rings. The van der Waals surface area contributed by atoms with Gasteiger partial charge < -0.3 is 10.6 Å². The van der Waals surface area contributed by atoms with Crippen molar-refractivity contribution < 1.29 is 18.0 Å². The van der Waals surface area contributed by atoms with Gasteiger partial charge in [-0.25, -0.2) is 5.10 Å². The minimum absolute atomic E-state index is 0. The Bertz CT molecular complexity index is 852. The van der Waals surface area contributed by atoms with Gasteiger partial charge in [-0.2, -0.15) is 18.3 Å². The van der Waals surface area contributed by atoms with Crippen molar-refractivity contribution in [1.29, 1.82) is 0 Å². The first-order valence-electron chi connectivity index (χ1n) is 8.15. The number of nitrogens with zero attached hydrogens (tertiary/aromatic N) is 2. The number of carbonyl (C=O) groups is 1. The van der Waals surface area contributed by atoms with Crippen LogP contribution in [0.2, 0.25) is 0 Å². The number of H-pyrrole nitrogens is 1. The molecule has 2 aromatic rings. The van der Waals surface area contributed by atoms with E-state index >= 15 is 0 Å². The molecule has 0 saturated carbocycles. The molecule has 7 nitrogen and oxygen atoms in total. The second-order valence-corrected chi connectivity index (χ2v) is 6.00. The van der Waals surface area contributed by atoms with Gasteiger partial charge in [-0.3, -0.25) is 14.5 Å². The number of hydrogen-bond acceptors (Lipinski definition) is 5. The van der Waals surface area contributed by atoms with Gasteiger partial charge in [0.15, 0.2) is 5.69 Å². The summed E-state index contributed by atoms with van der Waals surface area (Å²) >= 11 is 0. The Morgan fingerprint density at radius 2 is 1.85 bits per heavy atom. The first-order valence-corrected chi connectivity index (χ1v) is 8.15. The predicted molar refractivity (Wildman–Crippen MR) is 96.2 cm³/mol. The Kier molecular flexibility index (Phi) is 6.79. The average molecular weight is 406 g/mol. The molecule has 0 aliphatic carbocycles. The Morgan fingerprint density at radius 3 is 2.48 bits per heavy atom. The third kappa shape index (κ3) is 4.76. The van der Waals surface area contributed by atoms with Gasteiger partial charge in [0.1, 0.15) is 6.04 Å². The van der Waals surface area contributed by atoms with Crippen LogP contribution in [0.25, 0.3) is 10.8 Å². The van der Waals surface area contributed by atoms with Crippen LogP contribution < -0.4 is 16.2 Å². The molecule has 0 bridgehead atoms. The third-order valence-corrected chi connectivity index (χ3v) is 4.34. The summed E-state index contributed by atoms with van der Waals surface area (Å²) in [7, 11) is 0. The van der Waals surface area contributed by atoms with Crippen LogP contribution >= 0.6 is 12.4 Å². The second kappa shape index (κ2) is 8.68. The van der Waals surface area contributed by atoms with E-state index in [-0.39, 0.29) is 36.6 Å². The topological polar surface area (TPSA) is 90.1 Å². The fourth-order valence-corrected chi connectivity index (χ4v) is 3.01. The van der Waals surface area contributed by atoms with Crippen molar-refractivity contribution in [1.82, 2.24) is 25.7 Å². The fourth-order valence-electron chi connectivity index (χ4n) is 3.01. The molecular formula is C16H19ClF3N5O2. The van der Waals surface area contributed by atoms with Crippen molar-refractivity contribution in [2.24, 2.45) is 0 Å². The third-order valence-electron chi connectivity index (χ3n) is 4.34. The lowest BCUT2D eigenvalue weighted by atomic mass is 10.1. The quantitative estimate of drug-likeness (QED) is 0.703. The van der Waals surface area contributed by atoms with Gasteiger partial charge in [-0.05, 0) is 6.07 Å². The summed E-state index contributed by atoms with van der Waals surface area (Å²) in [5, 5.41) is 11.8. The van der Waals surface area contributed by atoms with Gasteiger partial charge in [0.05, 0.1) is 5.39 Å². The maximum absolute atomic E-state index is 13.4. The number of halogens is 4. The van der Waals surface area contributed by atoms with Crippen LogP contribution in [-0.2, 0) is 0 Å². The molecule has 0 radical (unpaired) electrons. The molecule has 1 atom stereocenters.